The summed E-state index contributed by atoms with van der Waals surface area (Å²) in [6.07, 6.45) is -2.59. The molecule has 37 heavy (non-hydrogen) atoms. The van der Waals surface area contributed by atoms with Crippen LogP contribution in [0.5, 0.6) is 5.75 Å². The molecule has 0 bridgehead atoms. The first-order valence-corrected chi connectivity index (χ1v) is 12.2. The number of amides is 1. The third-order valence-electron chi connectivity index (χ3n) is 6.07. The number of carbonyl (C=O) groups excluding carboxylic acids is 1. The lowest BCUT2D eigenvalue weighted by atomic mass is 9.86. The Morgan fingerprint density at radius 2 is 1.49 bits per heavy atom. The van der Waals surface area contributed by atoms with Crippen LogP contribution in [-0.2, 0) is 10.2 Å². The van der Waals surface area contributed by atoms with Crippen molar-refractivity contribution in [2.75, 3.05) is 6.61 Å². The third-order valence-corrected chi connectivity index (χ3v) is 6.57. The van der Waals surface area contributed by atoms with Crippen molar-refractivity contribution in [1.82, 2.24) is 4.90 Å². The van der Waals surface area contributed by atoms with Gasteiger partial charge in [0.1, 0.15) is 17.6 Å². The average Bonchev–Trinajstić information content (AvgIpc) is 3.22. The molecule has 0 unspecified atom stereocenters. The van der Waals surface area contributed by atoms with Crippen LogP contribution in [0.25, 0.3) is 0 Å². The standard InChI is InChI=1S/C28H24Cl2F3N2O2/c1-27(2,3)19-8-13-22(23(14-19)37-15-28(31,32)33)26-34-24(17-4-9-20(29)10-5-17)25(35(26)16-36)18-6-11-21(30)12-7-18/h4-14,24-25H,15H2,1-3H3/t24-,25+/m0/s1. The van der Waals surface area contributed by atoms with Gasteiger partial charge in [-0.2, -0.15) is 13.2 Å². The number of halogens is 5. The molecule has 0 spiro atoms. The second-order valence-electron chi connectivity index (χ2n) is 9.77. The fourth-order valence-electron chi connectivity index (χ4n) is 4.20. The Labute approximate surface area is 223 Å². The normalized spacial score (nSPS) is 18.1. The van der Waals surface area contributed by atoms with Crippen LogP contribution >= 0.6 is 23.2 Å². The molecule has 3 aromatic carbocycles. The van der Waals surface area contributed by atoms with E-state index in [4.69, 9.17) is 32.9 Å². The van der Waals surface area contributed by atoms with Gasteiger partial charge < -0.3 is 4.74 Å². The predicted octanol–water partition coefficient (Wildman–Crippen LogP) is 7.84. The summed E-state index contributed by atoms with van der Waals surface area (Å²) in [5.41, 5.74) is 2.19. The molecule has 1 aliphatic heterocycles. The molecule has 1 radical (unpaired) electrons. The SMILES string of the molecule is CC(C)(C)c1ccc(C2=N[C@@H](c3ccc(Cl)cc3)[C@@H](c3ccc(Cl)cc3)N2[C]=O)c(OCC(F)(F)F)c1. The van der Waals surface area contributed by atoms with Gasteiger partial charge in [0.05, 0.1) is 11.6 Å². The van der Waals surface area contributed by atoms with Gasteiger partial charge in [-0.25, -0.2) is 0 Å². The molecule has 1 amide bonds. The van der Waals surface area contributed by atoms with E-state index in [1.165, 1.54) is 4.90 Å². The zero-order valence-corrected chi connectivity index (χ0v) is 21.8. The first-order valence-electron chi connectivity index (χ1n) is 11.5. The maximum absolute atomic E-state index is 13.1. The highest BCUT2D eigenvalue weighted by atomic mass is 35.5. The van der Waals surface area contributed by atoms with Crippen molar-refractivity contribution in [1.29, 1.82) is 0 Å². The number of aliphatic imine (C=N–C) groups is 1. The topological polar surface area (TPSA) is 41.9 Å². The summed E-state index contributed by atoms with van der Waals surface area (Å²) in [5, 5.41) is 1.06. The Morgan fingerprint density at radius 1 is 0.919 bits per heavy atom. The minimum Gasteiger partial charge on any atom is -0.483 e. The van der Waals surface area contributed by atoms with E-state index >= 15 is 0 Å². The van der Waals surface area contributed by atoms with Crippen molar-refractivity contribution in [3.63, 3.8) is 0 Å². The highest BCUT2D eigenvalue weighted by Crippen LogP contribution is 2.44. The minimum atomic E-state index is -4.54. The molecule has 0 aromatic heterocycles. The third kappa shape index (κ3) is 6.11. The lowest BCUT2D eigenvalue weighted by Crippen LogP contribution is -2.31. The van der Waals surface area contributed by atoms with E-state index in [1.807, 2.05) is 27.2 Å². The van der Waals surface area contributed by atoms with Crippen molar-refractivity contribution >= 4 is 35.4 Å². The zero-order valence-electron chi connectivity index (χ0n) is 20.3. The van der Waals surface area contributed by atoms with E-state index in [9.17, 15) is 18.0 Å². The molecule has 4 nitrogen and oxygen atoms in total. The molecular weight excluding hydrogens is 524 g/mol. The number of alkyl halides is 3. The van der Waals surface area contributed by atoms with Gasteiger partial charge >= 0.3 is 12.6 Å². The monoisotopic (exact) mass is 547 g/mol. The number of rotatable bonds is 6. The van der Waals surface area contributed by atoms with Gasteiger partial charge in [-0.1, -0.05) is 74.3 Å². The van der Waals surface area contributed by atoms with E-state index in [0.29, 0.717) is 10.0 Å². The van der Waals surface area contributed by atoms with Gasteiger partial charge in [0, 0.05) is 10.0 Å². The number of ether oxygens (including phenoxy) is 1. The van der Waals surface area contributed by atoms with Crippen molar-refractivity contribution in [2.24, 2.45) is 4.99 Å². The minimum absolute atomic E-state index is 0.0182. The molecule has 9 heteroatoms. The van der Waals surface area contributed by atoms with E-state index in [0.717, 1.165) is 16.7 Å². The highest BCUT2D eigenvalue weighted by Gasteiger charge is 2.41. The molecule has 193 valence electrons. The van der Waals surface area contributed by atoms with Gasteiger partial charge in [-0.3, -0.25) is 14.7 Å². The molecule has 0 aliphatic carbocycles. The average molecular weight is 548 g/mol. The number of amidine groups is 1. The van der Waals surface area contributed by atoms with Gasteiger partial charge in [-0.15, -0.1) is 0 Å². The van der Waals surface area contributed by atoms with Crippen LogP contribution in [0, 0.1) is 0 Å². The van der Waals surface area contributed by atoms with Crippen molar-refractivity contribution in [3.05, 3.63) is 99.0 Å². The highest BCUT2D eigenvalue weighted by molar-refractivity contribution is 6.30. The lowest BCUT2D eigenvalue weighted by Gasteiger charge is -2.27. The Hall–Kier alpha value is -3.03. The molecule has 0 N–H and O–H groups in total. The van der Waals surface area contributed by atoms with Crippen LogP contribution < -0.4 is 4.74 Å². The molecule has 1 heterocycles. The van der Waals surface area contributed by atoms with Gasteiger partial charge in [0.2, 0.25) is 0 Å². The maximum atomic E-state index is 13.1. The molecule has 0 saturated carbocycles. The Bertz CT molecular complexity index is 1300. The summed E-state index contributed by atoms with van der Waals surface area (Å²) < 4.78 is 44.6. The second kappa shape index (κ2) is 10.4. The largest absolute Gasteiger partial charge is 0.483 e. The Balaban J connectivity index is 1.87. The number of hydrogen-bond acceptors (Lipinski definition) is 3. The summed E-state index contributed by atoms with van der Waals surface area (Å²) in [6, 6.07) is 17.8. The molecule has 2 atom stereocenters. The summed E-state index contributed by atoms with van der Waals surface area (Å²) in [5.74, 6) is 0.142. The molecule has 0 fully saturated rings. The van der Waals surface area contributed by atoms with E-state index < -0.39 is 24.9 Å². The quantitative estimate of drug-likeness (QED) is 0.315. The van der Waals surface area contributed by atoms with Crippen molar-refractivity contribution in [3.8, 4) is 5.75 Å². The lowest BCUT2D eigenvalue weighted by molar-refractivity contribution is -0.153. The number of nitrogens with zero attached hydrogens (tertiary/aromatic N) is 2. The summed E-state index contributed by atoms with van der Waals surface area (Å²) in [4.78, 5) is 18.5. The molecule has 1 aliphatic rings. The Kier molecular flexibility index (Phi) is 7.58. The molecule has 4 rings (SSSR count). The molecule has 0 saturated heterocycles. The van der Waals surface area contributed by atoms with Crippen LogP contribution in [0.3, 0.4) is 0 Å². The van der Waals surface area contributed by atoms with Crippen molar-refractivity contribution < 1.29 is 22.7 Å². The fourth-order valence-corrected chi connectivity index (χ4v) is 4.45. The van der Waals surface area contributed by atoms with Gasteiger partial charge in [0.15, 0.2) is 6.61 Å². The summed E-state index contributed by atoms with van der Waals surface area (Å²) in [6.45, 7) is 4.36. The fraction of sp³-hybridized carbons (Fsp3) is 0.286. The predicted molar refractivity (Wildman–Crippen MR) is 139 cm³/mol. The van der Waals surface area contributed by atoms with Crippen LogP contribution in [0.2, 0.25) is 10.0 Å². The van der Waals surface area contributed by atoms with E-state index in [1.54, 1.807) is 66.7 Å². The second-order valence-corrected chi connectivity index (χ2v) is 10.6. The first kappa shape index (κ1) is 27.0. The van der Waals surface area contributed by atoms with Crippen LogP contribution in [-0.4, -0.2) is 29.9 Å². The van der Waals surface area contributed by atoms with Crippen molar-refractivity contribution in [2.45, 2.75) is 44.4 Å². The number of benzene rings is 3. The van der Waals surface area contributed by atoms with E-state index in [-0.39, 0.29) is 22.6 Å². The van der Waals surface area contributed by atoms with E-state index in [2.05, 4.69) is 0 Å². The first-order chi connectivity index (χ1) is 17.4. The number of hydrogen-bond donors (Lipinski definition) is 0. The summed E-state index contributed by atoms with van der Waals surface area (Å²) >= 11 is 12.2. The smallest absolute Gasteiger partial charge is 0.422 e. The van der Waals surface area contributed by atoms with Crippen LogP contribution in [0.1, 0.15) is 55.1 Å². The Morgan fingerprint density at radius 3 is 2.00 bits per heavy atom. The zero-order chi connectivity index (χ0) is 27.0. The molecular formula is C28H24Cl2F3N2O2. The van der Waals surface area contributed by atoms with Gasteiger partial charge in [0.25, 0.3) is 0 Å². The van der Waals surface area contributed by atoms with Crippen LogP contribution in [0.15, 0.2) is 71.7 Å². The van der Waals surface area contributed by atoms with Gasteiger partial charge in [-0.05, 0) is 58.5 Å². The maximum Gasteiger partial charge on any atom is 0.422 e. The summed E-state index contributed by atoms with van der Waals surface area (Å²) in [7, 11) is 0. The van der Waals surface area contributed by atoms with Crippen LogP contribution in [0.4, 0.5) is 13.2 Å². The molecule has 3 aromatic rings.